The van der Waals surface area contributed by atoms with E-state index < -0.39 is 23.4 Å². The first-order valence-electron chi connectivity index (χ1n) is 9.47. The summed E-state index contributed by atoms with van der Waals surface area (Å²) in [5.74, 6) is -0.240. The zero-order valence-corrected chi connectivity index (χ0v) is 16.0. The van der Waals surface area contributed by atoms with Crippen LogP contribution >= 0.6 is 0 Å². The molecule has 2 atom stereocenters. The smallest absolute Gasteiger partial charge is 0.325 e. The number of aryl methyl sites for hydroxylation is 2. The highest BCUT2D eigenvalue weighted by molar-refractivity contribution is 6.09. The van der Waals surface area contributed by atoms with E-state index in [2.05, 4.69) is 10.6 Å². The third-order valence-electron chi connectivity index (χ3n) is 5.60. The van der Waals surface area contributed by atoms with Crippen LogP contribution in [0.3, 0.4) is 0 Å². The van der Waals surface area contributed by atoms with Gasteiger partial charge in [-0.25, -0.2) is 4.79 Å². The molecule has 1 aliphatic carbocycles. The number of hydrogen-bond donors (Lipinski definition) is 2. The van der Waals surface area contributed by atoms with Crippen LogP contribution < -0.4 is 10.6 Å². The molecule has 0 spiro atoms. The van der Waals surface area contributed by atoms with Crippen molar-refractivity contribution in [1.82, 2.24) is 15.5 Å². The number of rotatable bonds is 5. The molecule has 1 fully saturated rings. The molecule has 2 aromatic rings. The quantitative estimate of drug-likeness (QED) is 0.778. The van der Waals surface area contributed by atoms with Crippen LogP contribution in [0.25, 0.3) is 0 Å². The molecule has 1 aliphatic heterocycles. The second-order valence-electron chi connectivity index (χ2n) is 7.59. The summed E-state index contributed by atoms with van der Waals surface area (Å²) in [6, 6.07) is 8.50. The number of carbonyl (C=O) groups is 3. The molecule has 0 saturated carbocycles. The summed E-state index contributed by atoms with van der Waals surface area (Å²) in [6.07, 6.45) is 4.67. The van der Waals surface area contributed by atoms with Crippen LogP contribution in [0, 0.1) is 0 Å². The van der Waals surface area contributed by atoms with Gasteiger partial charge in [0.1, 0.15) is 17.8 Å². The highest BCUT2D eigenvalue weighted by Gasteiger charge is 2.49. The van der Waals surface area contributed by atoms with Gasteiger partial charge in [0.15, 0.2) is 0 Å². The zero-order valence-electron chi connectivity index (χ0n) is 16.0. The van der Waals surface area contributed by atoms with Crippen molar-refractivity contribution in [3.8, 4) is 0 Å². The molecule has 2 aliphatic rings. The molecule has 4 rings (SSSR count). The lowest BCUT2D eigenvalue weighted by molar-refractivity contribution is -0.135. The fraction of sp³-hybridized carbons (Fsp3) is 0.381. The van der Waals surface area contributed by atoms with Gasteiger partial charge in [0.05, 0.1) is 12.3 Å². The van der Waals surface area contributed by atoms with E-state index in [4.69, 9.17) is 4.42 Å². The third-order valence-corrected chi connectivity index (χ3v) is 5.60. The maximum absolute atomic E-state index is 13.0. The monoisotopic (exact) mass is 381 g/mol. The van der Waals surface area contributed by atoms with Crippen LogP contribution in [-0.4, -0.2) is 29.3 Å². The summed E-state index contributed by atoms with van der Waals surface area (Å²) in [4.78, 5) is 38.8. The van der Waals surface area contributed by atoms with Crippen LogP contribution in [0.1, 0.15) is 48.8 Å². The number of urea groups is 1. The molecular weight excluding hydrogens is 358 g/mol. The van der Waals surface area contributed by atoms with Crippen molar-refractivity contribution in [1.29, 1.82) is 0 Å². The highest BCUT2D eigenvalue weighted by atomic mass is 16.3. The number of nitrogens with one attached hydrogen (secondary N) is 2. The molecule has 28 heavy (non-hydrogen) atoms. The van der Waals surface area contributed by atoms with Crippen LogP contribution in [-0.2, 0) is 28.0 Å². The normalized spacial score (nSPS) is 22.1. The molecule has 1 aromatic carbocycles. The molecule has 146 valence electrons. The van der Waals surface area contributed by atoms with Crippen molar-refractivity contribution in [2.24, 2.45) is 0 Å². The average molecular weight is 381 g/mol. The molecule has 2 heterocycles. The maximum Gasteiger partial charge on any atom is 0.325 e. The van der Waals surface area contributed by atoms with Crippen LogP contribution in [0.5, 0.6) is 0 Å². The number of hydrogen-bond acceptors (Lipinski definition) is 4. The standard InChI is InChI=1S/C21H23N3O4/c1-13(17-7-4-10-28-17)22-18(25)12-24-19(26)21(2,23-20(24)27)16-9-8-14-5-3-6-15(14)11-16/h4,7-11,13H,3,5-6,12H2,1-2H3,(H,22,25)(H,23,27)/t13-,21+/m1/s1. The van der Waals surface area contributed by atoms with E-state index in [1.54, 1.807) is 26.0 Å². The Morgan fingerprint density at radius 2 is 2.07 bits per heavy atom. The van der Waals surface area contributed by atoms with Crippen molar-refractivity contribution in [3.05, 3.63) is 59.0 Å². The minimum Gasteiger partial charge on any atom is -0.467 e. The van der Waals surface area contributed by atoms with Gasteiger partial charge in [-0.05, 0) is 61.9 Å². The Labute approximate surface area is 163 Å². The molecule has 2 N–H and O–H groups in total. The van der Waals surface area contributed by atoms with E-state index >= 15 is 0 Å². The Balaban J connectivity index is 1.48. The van der Waals surface area contributed by atoms with Gasteiger partial charge in [-0.3, -0.25) is 14.5 Å². The Kier molecular flexibility index (Phi) is 4.45. The molecular formula is C21H23N3O4. The minimum absolute atomic E-state index is 0.337. The van der Waals surface area contributed by atoms with Gasteiger partial charge in [0.2, 0.25) is 5.91 Å². The highest BCUT2D eigenvalue weighted by Crippen LogP contribution is 2.32. The minimum atomic E-state index is -1.17. The molecule has 7 heteroatoms. The molecule has 0 unspecified atom stereocenters. The Bertz CT molecular complexity index is 937. The maximum atomic E-state index is 13.0. The van der Waals surface area contributed by atoms with Crippen molar-refractivity contribution in [2.45, 2.75) is 44.7 Å². The Hall–Kier alpha value is -3.09. The summed E-state index contributed by atoms with van der Waals surface area (Å²) in [7, 11) is 0. The largest absolute Gasteiger partial charge is 0.467 e. The molecule has 7 nitrogen and oxygen atoms in total. The number of furan rings is 1. The molecule has 0 bridgehead atoms. The molecule has 1 aromatic heterocycles. The first-order chi connectivity index (χ1) is 13.4. The molecule has 1 saturated heterocycles. The van der Waals surface area contributed by atoms with Crippen LogP contribution in [0.2, 0.25) is 0 Å². The zero-order chi connectivity index (χ0) is 19.9. The lowest BCUT2D eigenvalue weighted by Gasteiger charge is -2.23. The summed E-state index contributed by atoms with van der Waals surface area (Å²) in [5, 5.41) is 5.51. The summed E-state index contributed by atoms with van der Waals surface area (Å²) in [6.45, 7) is 3.13. The van der Waals surface area contributed by atoms with E-state index in [1.165, 1.54) is 17.4 Å². The third kappa shape index (κ3) is 3.06. The fourth-order valence-electron chi connectivity index (χ4n) is 3.96. The van der Waals surface area contributed by atoms with Gasteiger partial charge in [0.25, 0.3) is 5.91 Å². The second kappa shape index (κ2) is 6.82. The van der Waals surface area contributed by atoms with Crippen LogP contribution in [0.15, 0.2) is 41.0 Å². The Morgan fingerprint density at radius 3 is 2.82 bits per heavy atom. The topological polar surface area (TPSA) is 91.7 Å². The average Bonchev–Trinajstić information content (AvgIpc) is 3.39. The number of nitrogens with zero attached hydrogens (tertiary/aromatic N) is 1. The number of carbonyl (C=O) groups excluding carboxylic acids is 3. The van der Waals surface area contributed by atoms with Gasteiger partial charge in [0, 0.05) is 0 Å². The Morgan fingerprint density at radius 1 is 1.29 bits per heavy atom. The fourth-order valence-corrected chi connectivity index (χ4v) is 3.96. The van der Waals surface area contributed by atoms with Gasteiger partial charge < -0.3 is 15.1 Å². The summed E-state index contributed by atoms with van der Waals surface area (Å²) >= 11 is 0. The lowest BCUT2D eigenvalue weighted by Crippen LogP contribution is -2.43. The van der Waals surface area contributed by atoms with E-state index in [1.807, 2.05) is 18.2 Å². The SMILES string of the molecule is C[C@@H](NC(=O)CN1C(=O)N[C@@](C)(c2ccc3c(c2)CCC3)C1=O)c1ccco1. The number of fused-ring (bicyclic) bond motifs is 1. The molecule has 0 radical (unpaired) electrons. The number of imide groups is 1. The molecule has 4 amide bonds. The van der Waals surface area contributed by atoms with E-state index in [0.717, 1.165) is 29.7 Å². The van der Waals surface area contributed by atoms with Gasteiger partial charge >= 0.3 is 6.03 Å². The summed E-state index contributed by atoms with van der Waals surface area (Å²) in [5.41, 5.74) is 2.11. The van der Waals surface area contributed by atoms with E-state index in [-0.39, 0.29) is 12.6 Å². The number of amides is 4. The number of benzene rings is 1. The second-order valence-corrected chi connectivity index (χ2v) is 7.59. The van der Waals surface area contributed by atoms with E-state index in [0.29, 0.717) is 5.76 Å². The lowest BCUT2D eigenvalue weighted by atomic mass is 9.89. The first-order valence-corrected chi connectivity index (χ1v) is 9.47. The van der Waals surface area contributed by atoms with Gasteiger partial charge in [-0.1, -0.05) is 18.2 Å². The van der Waals surface area contributed by atoms with E-state index in [9.17, 15) is 14.4 Å². The van der Waals surface area contributed by atoms with Gasteiger partial charge in [-0.2, -0.15) is 0 Å². The summed E-state index contributed by atoms with van der Waals surface area (Å²) < 4.78 is 5.26. The van der Waals surface area contributed by atoms with Crippen molar-refractivity contribution in [2.75, 3.05) is 6.54 Å². The predicted molar refractivity (Wildman–Crippen MR) is 101 cm³/mol. The first kappa shape index (κ1) is 18.3. The predicted octanol–water partition coefficient (Wildman–Crippen LogP) is 2.41. The van der Waals surface area contributed by atoms with Crippen molar-refractivity contribution >= 4 is 17.8 Å². The van der Waals surface area contributed by atoms with Crippen molar-refractivity contribution < 1.29 is 18.8 Å². The van der Waals surface area contributed by atoms with Crippen LogP contribution in [0.4, 0.5) is 4.79 Å². The van der Waals surface area contributed by atoms with Gasteiger partial charge in [-0.15, -0.1) is 0 Å². The van der Waals surface area contributed by atoms with Crippen molar-refractivity contribution in [3.63, 3.8) is 0 Å².